The highest BCUT2D eigenvalue weighted by Gasteiger charge is 2.30. The van der Waals surface area contributed by atoms with Crippen LogP contribution in [0.5, 0.6) is 0 Å². The van der Waals surface area contributed by atoms with Gasteiger partial charge in [-0.1, -0.05) is 60.7 Å². The zero-order valence-electron chi connectivity index (χ0n) is 16.1. The Balaban J connectivity index is 1.58. The molecule has 29 heavy (non-hydrogen) atoms. The third-order valence-corrected chi connectivity index (χ3v) is 5.27. The van der Waals surface area contributed by atoms with E-state index in [1.807, 2.05) is 60.7 Å². The number of nitrogens with zero attached hydrogens (tertiary/aromatic N) is 3. The van der Waals surface area contributed by atoms with Crippen molar-refractivity contribution in [1.82, 2.24) is 20.0 Å². The van der Waals surface area contributed by atoms with E-state index in [0.717, 1.165) is 16.8 Å². The Bertz CT molecular complexity index is 991. The monoisotopic (exact) mass is 390 g/mol. The smallest absolute Gasteiger partial charge is 0.356 e. The molecule has 0 spiro atoms. The van der Waals surface area contributed by atoms with Crippen LogP contribution in [0.4, 0.5) is 4.79 Å². The number of nitrogens with one attached hydrogen (secondary N) is 1. The molecule has 1 aliphatic rings. The van der Waals surface area contributed by atoms with Crippen molar-refractivity contribution in [2.75, 3.05) is 6.54 Å². The van der Waals surface area contributed by atoms with Gasteiger partial charge in [-0.15, -0.1) is 0 Å². The van der Waals surface area contributed by atoms with E-state index in [9.17, 15) is 14.7 Å². The van der Waals surface area contributed by atoms with Gasteiger partial charge in [0.05, 0.1) is 12.6 Å². The molecule has 0 atom stereocenters. The first kappa shape index (κ1) is 18.7. The number of aryl methyl sites for hydroxylation is 1. The summed E-state index contributed by atoms with van der Waals surface area (Å²) in [4.78, 5) is 26.3. The summed E-state index contributed by atoms with van der Waals surface area (Å²) in [6, 6.07) is 19.1. The summed E-state index contributed by atoms with van der Waals surface area (Å²) in [6.07, 6.45) is 0.570. The van der Waals surface area contributed by atoms with Gasteiger partial charge in [0.25, 0.3) is 0 Å². The van der Waals surface area contributed by atoms with Crippen molar-refractivity contribution < 1.29 is 14.7 Å². The standard InChI is InChI=1S/C22H22N4O3/c1-25-18-12-13-26(14-17(18)20(24-25)21(27)28)22(29)23-19(15-8-4-2-5-9-15)16-10-6-3-7-11-16/h2-11,19H,12-14H2,1H3,(H,23,29)(H,27,28). The summed E-state index contributed by atoms with van der Waals surface area (Å²) < 4.78 is 1.60. The minimum atomic E-state index is -1.07. The molecule has 1 aromatic heterocycles. The van der Waals surface area contributed by atoms with Gasteiger partial charge in [0.1, 0.15) is 0 Å². The van der Waals surface area contributed by atoms with Crippen LogP contribution in [0.2, 0.25) is 0 Å². The third-order valence-electron chi connectivity index (χ3n) is 5.27. The maximum absolute atomic E-state index is 13.1. The molecule has 2 heterocycles. The highest BCUT2D eigenvalue weighted by molar-refractivity contribution is 5.88. The van der Waals surface area contributed by atoms with Gasteiger partial charge in [-0.3, -0.25) is 4.68 Å². The molecule has 2 amide bonds. The van der Waals surface area contributed by atoms with Crippen LogP contribution in [0.3, 0.4) is 0 Å². The summed E-state index contributed by atoms with van der Waals surface area (Å²) in [5.41, 5.74) is 3.46. The Morgan fingerprint density at radius 3 is 2.17 bits per heavy atom. The molecule has 3 aromatic rings. The van der Waals surface area contributed by atoms with E-state index >= 15 is 0 Å². The molecule has 0 fully saturated rings. The zero-order valence-corrected chi connectivity index (χ0v) is 16.1. The van der Waals surface area contributed by atoms with Crippen LogP contribution in [0.25, 0.3) is 0 Å². The van der Waals surface area contributed by atoms with Gasteiger partial charge in [-0.25, -0.2) is 9.59 Å². The zero-order chi connectivity index (χ0) is 20.4. The number of carbonyl (C=O) groups is 2. The van der Waals surface area contributed by atoms with Crippen LogP contribution < -0.4 is 5.32 Å². The summed E-state index contributed by atoms with van der Waals surface area (Å²) in [5.74, 6) is -1.07. The molecule has 0 radical (unpaired) electrons. The van der Waals surface area contributed by atoms with E-state index in [-0.39, 0.29) is 24.3 Å². The molecule has 2 N–H and O–H groups in total. The van der Waals surface area contributed by atoms with Crippen LogP contribution in [-0.2, 0) is 20.0 Å². The summed E-state index contributed by atoms with van der Waals surface area (Å²) in [6.45, 7) is 0.737. The van der Waals surface area contributed by atoms with Crippen molar-refractivity contribution in [2.24, 2.45) is 7.05 Å². The largest absolute Gasteiger partial charge is 0.476 e. The Morgan fingerprint density at radius 2 is 1.62 bits per heavy atom. The number of amides is 2. The Labute approximate surface area is 168 Å². The topological polar surface area (TPSA) is 87.5 Å². The number of carboxylic acids is 1. The lowest BCUT2D eigenvalue weighted by molar-refractivity contribution is 0.0687. The van der Waals surface area contributed by atoms with E-state index in [0.29, 0.717) is 18.5 Å². The fraction of sp³-hybridized carbons (Fsp3) is 0.227. The molecule has 7 nitrogen and oxygen atoms in total. The first-order chi connectivity index (χ1) is 14.0. The molecule has 148 valence electrons. The summed E-state index contributed by atoms with van der Waals surface area (Å²) >= 11 is 0. The SMILES string of the molecule is Cn1nc(C(=O)O)c2c1CCN(C(=O)NC(c1ccccc1)c1ccccc1)C2. The second-order valence-electron chi connectivity index (χ2n) is 7.08. The summed E-state index contributed by atoms with van der Waals surface area (Å²) in [5, 5.41) is 16.6. The number of hydrogen-bond acceptors (Lipinski definition) is 3. The molecule has 0 aliphatic carbocycles. The first-order valence-electron chi connectivity index (χ1n) is 9.48. The lowest BCUT2D eigenvalue weighted by atomic mass is 9.99. The number of fused-ring (bicyclic) bond motifs is 1. The van der Waals surface area contributed by atoms with Crippen LogP contribution in [0, 0.1) is 0 Å². The maximum atomic E-state index is 13.1. The van der Waals surface area contributed by atoms with Gasteiger partial charge >= 0.3 is 12.0 Å². The number of aromatic carboxylic acids is 1. The van der Waals surface area contributed by atoms with Crippen molar-refractivity contribution in [3.05, 3.63) is 88.7 Å². The lowest BCUT2D eigenvalue weighted by Gasteiger charge is -2.30. The van der Waals surface area contributed by atoms with E-state index in [1.54, 1.807) is 16.6 Å². The van der Waals surface area contributed by atoms with Crippen LogP contribution in [-0.4, -0.2) is 38.3 Å². The molecule has 0 saturated carbocycles. The number of hydrogen-bond donors (Lipinski definition) is 2. The van der Waals surface area contributed by atoms with Gasteiger partial charge in [0.15, 0.2) is 5.69 Å². The van der Waals surface area contributed by atoms with Gasteiger partial charge in [-0.2, -0.15) is 5.10 Å². The molecule has 0 saturated heterocycles. The van der Waals surface area contributed by atoms with E-state index in [2.05, 4.69) is 10.4 Å². The highest BCUT2D eigenvalue weighted by Crippen LogP contribution is 2.25. The van der Waals surface area contributed by atoms with E-state index in [4.69, 9.17) is 0 Å². The van der Waals surface area contributed by atoms with Crippen molar-refractivity contribution in [3.63, 3.8) is 0 Å². The molecule has 4 rings (SSSR count). The van der Waals surface area contributed by atoms with Crippen LogP contribution >= 0.6 is 0 Å². The maximum Gasteiger partial charge on any atom is 0.356 e. The molecule has 7 heteroatoms. The van der Waals surface area contributed by atoms with Crippen molar-refractivity contribution in [3.8, 4) is 0 Å². The quantitative estimate of drug-likeness (QED) is 0.717. The number of carboxylic acid groups (broad SMARTS) is 1. The predicted octanol–water partition coefficient (Wildman–Crippen LogP) is 2.98. The van der Waals surface area contributed by atoms with Gasteiger partial charge < -0.3 is 15.3 Å². The second-order valence-corrected chi connectivity index (χ2v) is 7.08. The van der Waals surface area contributed by atoms with Crippen LogP contribution in [0.15, 0.2) is 60.7 Å². The van der Waals surface area contributed by atoms with Gasteiger partial charge in [-0.05, 0) is 11.1 Å². The third kappa shape index (κ3) is 3.71. The van der Waals surface area contributed by atoms with E-state index < -0.39 is 5.97 Å². The van der Waals surface area contributed by atoms with Crippen molar-refractivity contribution in [2.45, 2.75) is 19.0 Å². The Hall–Kier alpha value is -3.61. The number of rotatable bonds is 4. The molecule has 1 aliphatic heterocycles. The van der Waals surface area contributed by atoms with E-state index in [1.165, 1.54) is 0 Å². The number of carbonyl (C=O) groups excluding carboxylic acids is 1. The number of benzene rings is 2. The molecule has 2 aromatic carbocycles. The molecule has 0 bridgehead atoms. The highest BCUT2D eigenvalue weighted by atomic mass is 16.4. The fourth-order valence-corrected chi connectivity index (χ4v) is 3.80. The number of urea groups is 1. The predicted molar refractivity (Wildman–Crippen MR) is 108 cm³/mol. The summed E-state index contributed by atoms with van der Waals surface area (Å²) in [7, 11) is 1.74. The number of aromatic nitrogens is 2. The fourth-order valence-electron chi connectivity index (χ4n) is 3.80. The first-order valence-corrected chi connectivity index (χ1v) is 9.48. The van der Waals surface area contributed by atoms with Gasteiger partial charge in [0.2, 0.25) is 0 Å². The average Bonchev–Trinajstić information content (AvgIpc) is 3.09. The minimum absolute atomic E-state index is 0.0164. The Kier molecular flexibility index (Phi) is 5.03. The van der Waals surface area contributed by atoms with Crippen LogP contribution in [0.1, 0.15) is 38.9 Å². The second kappa shape index (κ2) is 7.79. The molecular formula is C22H22N4O3. The normalized spacial score (nSPS) is 13.2. The average molecular weight is 390 g/mol. The van der Waals surface area contributed by atoms with Crippen molar-refractivity contribution in [1.29, 1.82) is 0 Å². The molecular weight excluding hydrogens is 368 g/mol. The molecule has 0 unspecified atom stereocenters. The Morgan fingerprint density at radius 1 is 1.03 bits per heavy atom. The van der Waals surface area contributed by atoms with Crippen molar-refractivity contribution >= 4 is 12.0 Å². The minimum Gasteiger partial charge on any atom is -0.476 e. The lowest BCUT2D eigenvalue weighted by Crippen LogP contribution is -2.44. The van der Waals surface area contributed by atoms with Gasteiger partial charge in [0, 0.05) is 31.3 Å².